The molecule has 0 saturated carbocycles. The molecule has 1 aromatic carbocycles. The van der Waals surface area contributed by atoms with Gasteiger partial charge in [0.1, 0.15) is 5.52 Å². The molecule has 1 N–H and O–H groups in total. The molecule has 0 radical (unpaired) electrons. The Morgan fingerprint density at radius 2 is 1.90 bits per heavy atom. The van der Waals surface area contributed by atoms with Crippen molar-refractivity contribution in [2.45, 2.75) is 45.6 Å². The van der Waals surface area contributed by atoms with E-state index in [0.29, 0.717) is 28.4 Å². The van der Waals surface area contributed by atoms with Crippen LogP contribution >= 0.6 is 11.6 Å². The fourth-order valence-corrected chi connectivity index (χ4v) is 4.07. The van der Waals surface area contributed by atoms with E-state index in [1.54, 1.807) is 6.07 Å². The molecule has 1 fully saturated rings. The highest BCUT2D eigenvalue weighted by Crippen LogP contribution is 2.35. The Kier molecular flexibility index (Phi) is 5.15. The second-order valence-electron chi connectivity index (χ2n) is 9.58. The number of carbonyl (C=O) groups excluding carboxylic acids is 1. The molecule has 3 aromatic rings. The van der Waals surface area contributed by atoms with Crippen LogP contribution in [0.5, 0.6) is 0 Å². The molecule has 0 bridgehead atoms. The number of nitrogens with zero attached hydrogens (tertiary/aromatic N) is 2. The Bertz CT molecular complexity index is 1090. The maximum Gasteiger partial charge on any atom is 0.290 e. The lowest BCUT2D eigenvalue weighted by Crippen LogP contribution is -2.59. The highest BCUT2D eigenvalue weighted by atomic mass is 35.5. The van der Waals surface area contributed by atoms with Gasteiger partial charge < -0.3 is 14.6 Å². The molecule has 1 saturated heterocycles. The van der Waals surface area contributed by atoms with Crippen LogP contribution in [0.4, 0.5) is 0 Å². The highest BCUT2D eigenvalue weighted by molar-refractivity contribution is 6.30. The van der Waals surface area contributed by atoms with Gasteiger partial charge in [0.2, 0.25) is 0 Å². The molecule has 3 heterocycles. The van der Waals surface area contributed by atoms with E-state index in [9.17, 15) is 4.79 Å². The summed E-state index contributed by atoms with van der Waals surface area (Å²) in [4.78, 5) is 20.0. The van der Waals surface area contributed by atoms with E-state index in [4.69, 9.17) is 21.0 Å². The molecule has 0 aliphatic carbocycles. The van der Waals surface area contributed by atoms with Crippen LogP contribution in [0.3, 0.4) is 0 Å². The average Bonchev–Trinajstić information content (AvgIpc) is 3.10. The molecule has 1 aliphatic heterocycles. The normalized spacial score (nSPS) is 16.8. The minimum atomic E-state index is -0.275. The number of carbonyl (C=O) groups is 1. The Labute approximate surface area is 182 Å². The molecule has 158 valence electrons. The topological polar surface area (TPSA) is 58.4 Å². The molecule has 1 aliphatic rings. The van der Waals surface area contributed by atoms with Gasteiger partial charge in [0.25, 0.3) is 5.91 Å². The largest absolute Gasteiger partial charge is 0.449 e. The van der Waals surface area contributed by atoms with Crippen molar-refractivity contribution in [3.05, 3.63) is 52.7 Å². The van der Waals surface area contributed by atoms with Crippen LogP contribution in [0.2, 0.25) is 5.02 Å². The van der Waals surface area contributed by atoms with Gasteiger partial charge in [0.05, 0.1) is 11.2 Å². The minimum absolute atomic E-state index is 0.0904. The Morgan fingerprint density at radius 1 is 1.20 bits per heavy atom. The first-order valence-electron chi connectivity index (χ1n) is 10.3. The summed E-state index contributed by atoms with van der Waals surface area (Å²) in [5.74, 6) is 0.249. The van der Waals surface area contributed by atoms with Crippen molar-refractivity contribution in [3.63, 3.8) is 0 Å². The van der Waals surface area contributed by atoms with Gasteiger partial charge in [0.15, 0.2) is 11.3 Å². The number of halogens is 1. The van der Waals surface area contributed by atoms with Gasteiger partial charge in [-0.15, -0.1) is 0 Å². The fourth-order valence-electron chi connectivity index (χ4n) is 3.95. The number of benzene rings is 1. The second-order valence-corrected chi connectivity index (χ2v) is 10.0. The second kappa shape index (κ2) is 7.40. The Hall–Kier alpha value is -2.37. The summed E-state index contributed by atoms with van der Waals surface area (Å²) in [5.41, 5.74) is 3.77. The molecule has 2 aromatic heterocycles. The molecule has 5 nitrogen and oxygen atoms in total. The molecule has 6 heteroatoms. The lowest BCUT2D eigenvalue weighted by molar-refractivity contribution is 0.0448. The predicted molar refractivity (Wildman–Crippen MR) is 121 cm³/mol. The van der Waals surface area contributed by atoms with E-state index in [0.717, 1.165) is 29.9 Å². The van der Waals surface area contributed by atoms with E-state index in [-0.39, 0.29) is 16.9 Å². The average molecular weight is 426 g/mol. The smallest absolute Gasteiger partial charge is 0.290 e. The van der Waals surface area contributed by atoms with Crippen molar-refractivity contribution in [2.24, 2.45) is 0 Å². The van der Waals surface area contributed by atoms with Gasteiger partial charge in [-0.05, 0) is 37.5 Å². The van der Waals surface area contributed by atoms with Crippen molar-refractivity contribution in [3.8, 4) is 11.3 Å². The fraction of sp³-hybridized carbons (Fsp3) is 0.417. The van der Waals surface area contributed by atoms with Gasteiger partial charge in [-0.2, -0.15) is 0 Å². The molecule has 4 rings (SSSR count). The van der Waals surface area contributed by atoms with Crippen LogP contribution in [-0.2, 0) is 5.41 Å². The molecule has 0 spiro atoms. The molecule has 1 amide bonds. The van der Waals surface area contributed by atoms with Crippen molar-refractivity contribution < 1.29 is 9.21 Å². The van der Waals surface area contributed by atoms with Crippen molar-refractivity contribution in [1.29, 1.82) is 0 Å². The molecular weight excluding hydrogens is 398 g/mol. The number of hydrogen-bond acceptors (Lipinski definition) is 4. The standard InChI is InChI=1S/C24H28ClN3O2/c1-23(2,3)17-12-18(15-6-8-16(25)9-7-15)27-19-13-20(30-21(17)19)22(29)28-11-10-26-14-24(28,4)5/h6-9,12-13,26H,10-11,14H2,1-5H3. The summed E-state index contributed by atoms with van der Waals surface area (Å²) in [6.45, 7) is 12.7. The van der Waals surface area contributed by atoms with E-state index < -0.39 is 0 Å². The number of piperazine rings is 1. The number of fused-ring (bicyclic) bond motifs is 1. The number of hydrogen-bond donors (Lipinski definition) is 1. The van der Waals surface area contributed by atoms with E-state index in [2.05, 4.69) is 46.0 Å². The zero-order valence-corrected chi connectivity index (χ0v) is 18.9. The quantitative estimate of drug-likeness (QED) is 0.607. The number of amides is 1. The summed E-state index contributed by atoms with van der Waals surface area (Å²) in [5, 5.41) is 4.04. The third kappa shape index (κ3) is 3.84. The SMILES string of the molecule is CC(C)(C)c1cc(-c2ccc(Cl)cc2)nc2cc(C(=O)N3CCNCC3(C)C)oc12. The van der Waals surface area contributed by atoms with Gasteiger partial charge in [-0.25, -0.2) is 4.98 Å². The first kappa shape index (κ1) is 20.9. The zero-order valence-electron chi connectivity index (χ0n) is 18.2. The van der Waals surface area contributed by atoms with Gasteiger partial charge >= 0.3 is 0 Å². The van der Waals surface area contributed by atoms with Crippen LogP contribution in [-0.4, -0.2) is 41.0 Å². The van der Waals surface area contributed by atoms with E-state index in [1.165, 1.54) is 0 Å². The van der Waals surface area contributed by atoms with E-state index in [1.807, 2.05) is 29.2 Å². The summed E-state index contributed by atoms with van der Waals surface area (Å²) in [7, 11) is 0. The summed E-state index contributed by atoms with van der Waals surface area (Å²) < 4.78 is 6.15. The summed E-state index contributed by atoms with van der Waals surface area (Å²) >= 11 is 6.05. The third-order valence-corrected chi connectivity index (χ3v) is 5.94. The van der Waals surface area contributed by atoms with Crippen LogP contribution < -0.4 is 5.32 Å². The number of aromatic nitrogens is 1. The van der Waals surface area contributed by atoms with Gasteiger partial charge in [-0.1, -0.05) is 44.5 Å². The minimum Gasteiger partial charge on any atom is -0.449 e. The lowest BCUT2D eigenvalue weighted by Gasteiger charge is -2.42. The highest BCUT2D eigenvalue weighted by Gasteiger charge is 2.35. The lowest BCUT2D eigenvalue weighted by atomic mass is 9.86. The van der Waals surface area contributed by atoms with Crippen molar-refractivity contribution in [1.82, 2.24) is 15.2 Å². The molecule has 0 atom stereocenters. The van der Waals surface area contributed by atoms with Gasteiger partial charge in [0, 0.05) is 41.9 Å². The predicted octanol–water partition coefficient (Wildman–Crippen LogP) is 5.27. The summed E-state index contributed by atoms with van der Waals surface area (Å²) in [6, 6.07) is 11.5. The molecule has 0 unspecified atom stereocenters. The Morgan fingerprint density at radius 3 is 2.53 bits per heavy atom. The number of pyridine rings is 1. The Balaban J connectivity index is 1.83. The number of nitrogens with one attached hydrogen (secondary N) is 1. The summed E-state index contributed by atoms with van der Waals surface area (Å²) in [6.07, 6.45) is 0. The van der Waals surface area contributed by atoms with Crippen LogP contribution in [0.25, 0.3) is 22.4 Å². The maximum absolute atomic E-state index is 13.3. The molecule has 30 heavy (non-hydrogen) atoms. The van der Waals surface area contributed by atoms with Crippen molar-refractivity contribution in [2.75, 3.05) is 19.6 Å². The first-order chi connectivity index (χ1) is 14.1. The van der Waals surface area contributed by atoms with Crippen LogP contribution in [0.1, 0.15) is 50.7 Å². The van der Waals surface area contributed by atoms with E-state index >= 15 is 0 Å². The number of rotatable bonds is 2. The number of furan rings is 1. The van der Waals surface area contributed by atoms with Crippen LogP contribution in [0.15, 0.2) is 40.8 Å². The third-order valence-electron chi connectivity index (χ3n) is 5.68. The monoisotopic (exact) mass is 425 g/mol. The zero-order chi connectivity index (χ0) is 21.7. The maximum atomic E-state index is 13.3. The molecular formula is C24H28ClN3O2. The van der Waals surface area contributed by atoms with Crippen molar-refractivity contribution >= 4 is 28.6 Å². The van der Waals surface area contributed by atoms with Gasteiger partial charge in [-0.3, -0.25) is 4.79 Å². The van der Waals surface area contributed by atoms with Crippen LogP contribution in [0, 0.1) is 0 Å². The first-order valence-corrected chi connectivity index (χ1v) is 10.7.